The molecule has 0 aliphatic carbocycles. The van der Waals surface area contributed by atoms with Crippen molar-refractivity contribution in [3.05, 3.63) is 72.1 Å². The fraction of sp³-hybridized carbons (Fsp3) is 0.200. The normalized spacial score (nSPS) is 10.8. The molecule has 0 bridgehead atoms. The lowest BCUT2D eigenvalue weighted by Gasteiger charge is -2.10. The fourth-order valence-electron chi connectivity index (χ4n) is 2.67. The Morgan fingerprint density at radius 3 is 2.54 bits per heavy atom. The number of nitrogens with one attached hydrogen (secondary N) is 2. The molecule has 0 atom stereocenters. The number of amides is 1. The summed E-state index contributed by atoms with van der Waals surface area (Å²) in [6.07, 6.45) is 0.876. The number of nitrogens with zero attached hydrogens (tertiary/aromatic N) is 1. The number of aromatic amines is 1. The highest BCUT2D eigenvalue weighted by atomic mass is 16.1. The summed E-state index contributed by atoms with van der Waals surface area (Å²) >= 11 is 0. The molecule has 1 aromatic heterocycles. The molecular weight excluding hydrogens is 298 g/mol. The Morgan fingerprint density at radius 1 is 1.08 bits per heavy atom. The van der Waals surface area contributed by atoms with Crippen LogP contribution in [0.5, 0.6) is 0 Å². The van der Waals surface area contributed by atoms with Crippen molar-refractivity contribution in [2.75, 3.05) is 5.32 Å². The maximum atomic E-state index is 12.5. The van der Waals surface area contributed by atoms with Gasteiger partial charge in [-0.2, -0.15) is 5.10 Å². The molecule has 0 fully saturated rings. The van der Waals surface area contributed by atoms with E-state index in [0.29, 0.717) is 11.6 Å². The molecule has 0 saturated carbocycles. The van der Waals surface area contributed by atoms with Crippen LogP contribution in [0.3, 0.4) is 0 Å². The topological polar surface area (TPSA) is 57.8 Å². The SMILES string of the molecule is CC(C)Cc1cc(C(=O)Nc2ccccc2-c2ccccc2)n[nH]1. The number of para-hydroxylation sites is 1. The van der Waals surface area contributed by atoms with Crippen LogP contribution in [0.2, 0.25) is 0 Å². The summed E-state index contributed by atoms with van der Waals surface area (Å²) in [6, 6.07) is 19.6. The van der Waals surface area contributed by atoms with E-state index in [2.05, 4.69) is 29.4 Å². The van der Waals surface area contributed by atoms with Crippen molar-refractivity contribution >= 4 is 11.6 Å². The van der Waals surface area contributed by atoms with E-state index < -0.39 is 0 Å². The molecule has 1 heterocycles. The van der Waals surface area contributed by atoms with Crippen molar-refractivity contribution in [1.29, 1.82) is 0 Å². The molecule has 3 aromatic rings. The van der Waals surface area contributed by atoms with Crippen LogP contribution in [0.15, 0.2) is 60.7 Å². The molecule has 0 aliphatic heterocycles. The predicted octanol–water partition coefficient (Wildman–Crippen LogP) is 4.53. The van der Waals surface area contributed by atoms with Crippen LogP contribution < -0.4 is 5.32 Å². The molecule has 3 rings (SSSR count). The van der Waals surface area contributed by atoms with Gasteiger partial charge in [-0.05, 0) is 30.0 Å². The molecule has 1 amide bonds. The van der Waals surface area contributed by atoms with Crippen LogP contribution in [-0.4, -0.2) is 16.1 Å². The predicted molar refractivity (Wildman–Crippen MR) is 97.0 cm³/mol. The molecule has 2 aromatic carbocycles. The third kappa shape index (κ3) is 3.71. The fourth-order valence-corrected chi connectivity index (χ4v) is 2.67. The summed E-state index contributed by atoms with van der Waals surface area (Å²) in [6.45, 7) is 4.27. The molecule has 4 nitrogen and oxygen atoms in total. The summed E-state index contributed by atoms with van der Waals surface area (Å²) < 4.78 is 0. The van der Waals surface area contributed by atoms with Gasteiger partial charge < -0.3 is 5.32 Å². The maximum Gasteiger partial charge on any atom is 0.276 e. The van der Waals surface area contributed by atoms with Crippen molar-refractivity contribution in [3.8, 4) is 11.1 Å². The summed E-state index contributed by atoms with van der Waals surface area (Å²) in [7, 11) is 0. The molecule has 0 radical (unpaired) electrons. The summed E-state index contributed by atoms with van der Waals surface area (Å²) in [5.41, 5.74) is 4.22. The number of carbonyl (C=O) groups excluding carboxylic acids is 1. The number of anilines is 1. The Balaban J connectivity index is 1.81. The Kier molecular flexibility index (Phi) is 4.75. The van der Waals surface area contributed by atoms with Crippen LogP contribution in [0.25, 0.3) is 11.1 Å². The maximum absolute atomic E-state index is 12.5. The zero-order valence-corrected chi connectivity index (χ0v) is 13.9. The molecular formula is C20H21N3O. The van der Waals surface area contributed by atoms with Crippen LogP contribution >= 0.6 is 0 Å². The first-order chi connectivity index (χ1) is 11.6. The van der Waals surface area contributed by atoms with Gasteiger partial charge in [0.25, 0.3) is 5.91 Å². The molecule has 122 valence electrons. The molecule has 2 N–H and O–H groups in total. The first kappa shape index (κ1) is 16.0. The smallest absolute Gasteiger partial charge is 0.276 e. The molecule has 0 saturated heterocycles. The van der Waals surface area contributed by atoms with Gasteiger partial charge in [-0.3, -0.25) is 9.89 Å². The van der Waals surface area contributed by atoms with Crippen molar-refractivity contribution in [3.63, 3.8) is 0 Å². The second-order valence-corrected chi connectivity index (χ2v) is 6.24. The van der Waals surface area contributed by atoms with E-state index in [9.17, 15) is 4.79 Å². The van der Waals surface area contributed by atoms with Crippen molar-refractivity contribution < 1.29 is 4.79 Å². The molecule has 0 unspecified atom stereocenters. The lowest BCUT2D eigenvalue weighted by molar-refractivity contribution is 0.102. The van der Waals surface area contributed by atoms with E-state index >= 15 is 0 Å². The van der Waals surface area contributed by atoms with Gasteiger partial charge in [0.05, 0.1) is 0 Å². The number of benzene rings is 2. The number of hydrogen-bond donors (Lipinski definition) is 2. The summed E-state index contributed by atoms with van der Waals surface area (Å²) in [5.74, 6) is 0.310. The molecule has 4 heteroatoms. The van der Waals surface area contributed by atoms with E-state index in [1.807, 2.05) is 60.7 Å². The average Bonchev–Trinajstić information content (AvgIpc) is 3.04. The van der Waals surface area contributed by atoms with Crippen molar-refractivity contribution in [2.24, 2.45) is 5.92 Å². The van der Waals surface area contributed by atoms with Gasteiger partial charge in [0, 0.05) is 16.9 Å². The van der Waals surface area contributed by atoms with Gasteiger partial charge in [0.15, 0.2) is 5.69 Å². The zero-order valence-electron chi connectivity index (χ0n) is 13.9. The van der Waals surface area contributed by atoms with Crippen molar-refractivity contribution in [1.82, 2.24) is 10.2 Å². The minimum atomic E-state index is -0.204. The van der Waals surface area contributed by atoms with Crippen LogP contribution in [0.1, 0.15) is 30.0 Å². The van der Waals surface area contributed by atoms with E-state index in [-0.39, 0.29) is 5.91 Å². The number of carbonyl (C=O) groups is 1. The third-order valence-corrected chi connectivity index (χ3v) is 3.75. The van der Waals surface area contributed by atoms with Crippen molar-refractivity contribution in [2.45, 2.75) is 20.3 Å². The van der Waals surface area contributed by atoms with E-state index in [1.54, 1.807) is 0 Å². The van der Waals surface area contributed by atoms with Crippen LogP contribution in [0, 0.1) is 5.92 Å². The zero-order chi connectivity index (χ0) is 16.9. The third-order valence-electron chi connectivity index (χ3n) is 3.75. The highest BCUT2D eigenvalue weighted by Gasteiger charge is 2.13. The number of H-pyrrole nitrogens is 1. The minimum Gasteiger partial charge on any atom is -0.320 e. The lowest BCUT2D eigenvalue weighted by atomic mass is 10.0. The number of aromatic nitrogens is 2. The largest absolute Gasteiger partial charge is 0.320 e. The van der Waals surface area contributed by atoms with E-state index in [4.69, 9.17) is 0 Å². The highest BCUT2D eigenvalue weighted by molar-refractivity contribution is 6.05. The van der Waals surface area contributed by atoms with Gasteiger partial charge >= 0.3 is 0 Å². The lowest BCUT2D eigenvalue weighted by Crippen LogP contribution is -2.13. The van der Waals surface area contributed by atoms with E-state index in [0.717, 1.165) is 28.9 Å². The standard InChI is InChI=1S/C20H21N3O/c1-14(2)12-16-13-19(23-22-16)20(24)21-18-11-7-6-10-17(18)15-8-4-3-5-9-15/h3-11,13-14H,12H2,1-2H3,(H,21,24)(H,22,23). The quantitative estimate of drug-likeness (QED) is 0.726. The Bertz CT molecular complexity index is 822. The average molecular weight is 319 g/mol. The second-order valence-electron chi connectivity index (χ2n) is 6.24. The number of rotatable bonds is 5. The highest BCUT2D eigenvalue weighted by Crippen LogP contribution is 2.27. The van der Waals surface area contributed by atoms with Gasteiger partial charge in [-0.15, -0.1) is 0 Å². The van der Waals surface area contributed by atoms with Gasteiger partial charge in [0.1, 0.15) is 0 Å². The Morgan fingerprint density at radius 2 is 1.79 bits per heavy atom. The van der Waals surface area contributed by atoms with E-state index in [1.165, 1.54) is 0 Å². The summed E-state index contributed by atoms with van der Waals surface area (Å²) in [5, 5.41) is 10.0. The first-order valence-electron chi connectivity index (χ1n) is 8.13. The van der Waals surface area contributed by atoms with Crippen LogP contribution in [-0.2, 0) is 6.42 Å². The Labute approximate surface area is 141 Å². The monoisotopic (exact) mass is 319 g/mol. The minimum absolute atomic E-state index is 0.204. The first-order valence-corrected chi connectivity index (χ1v) is 8.13. The Hall–Kier alpha value is -2.88. The second kappa shape index (κ2) is 7.13. The molecule has 0 spiro atoms. The van der Waals surface area contributed by atoms with Gasteiger partial charge in [-0.25, -0.2) is 0 Å². The summed E-state index contributed by atoms with van der Waals surface area (Å²) in [4.78, 5) is 12.5. The van der Waals surface area contributed by atoms with Crippen LogP contribution in [0.4, 0.5) is 5.69 Å². The molecule has 24 heavy (non-hydrogen) atoms. The number of hydrogen-bond acceptors (Lipinski definition) is 2. The van der Waals surface area contributed by atoms with Gasteiger partial charge in [0.2, 0.25) is 0 Å². The molecule has 0 aliphatic rings. The van der Waals surface area contributed by atoms with Gasteiger partial charge in [-0.1, -0.05) is 62.4 Å².